The number of pyridine rings is 1. The fourth-order valence-corrected chi connectivity index (χ4v) is 5.53. The highest BCUT2D eigenvalue weighted by molar-refractivity contribution is 7.89. The van der Waals surface area contributed by atoms with Gasteiger partial charge in [0.2, 0.25) is 15.6 Å². The SMILES string of the molecule is CCN(Cc1ccccc1)S(=O)(=O)c1ccc(Cc2ccc3[nH]c(=O)cc(C(C)(F)F)c3c2)cc1. The maximum Gasteiger partial charge on any atom is 0.271 e. The topological polar surface area (TPSA) is 70.2 Å². The summed E-state index contributed by atoms with van der Waals surface area (Å²) in [5, 5.41) is 0.285. The predicted molar refractivity (Wildman–Crippen MR) is 133 cm³/mol. The molecule has 0 aliphatic rings. The van der Waals surface area contributed by atoms with Crippen molar-refractivity contribution in [3.63, 3.8) is 0 Å². The van der Waals surface area contributed by atoms with Crippen molar-refractivity contribution in [2.75, 3.05) is 6.54 Å². The average Bonchev–Trinajstić information content (AvgIpc) is 2.82. The number of alkyl halides is 2. The van der Waals surface area contributed by atoms with Gasteiger partial charge in [0.05, 0.1) is 4.90 Å². The fraction of sp³-hybridized carbons (Fsp3) is 0.222. The molecule has 5 nitrogen and oxygen atoms in total. The monoisotopic (exact) mass is 496 g/mol. The Balaban J connectivity index is 1.58. The summed E-state index contributed by atoms with van der Waals surface area (Å²) in [6, 6.07) is 22.0. The molecule has 182 valence electrons. The van der Waals surface area contributed by atoms with Gasteiger partial charge in [0.15, 0.2) is 0 Å². The van der Waals surface area contributed by atoms with E-state index in [-0.39, 0.29) is 22.4 Å². The maximum atomic E-state index is 14.1. The summed E-state index contributed by atoms with van der Waals surface area (Å²) in [5.74, 6) is -3.16. The molecular formula is C27H26F2N2O3S. The Bertz CT molecular complexity index is 1490. The Labute approximate surface area is 203 Å². The van der Waals surface area contributed by atoms with E-state index < -0.39 is 21.5 Å². The van der Waals surface area contributed by atoms with Crippen molar-refractivity contribution in [3.8, 4) is 0 Å². The van der Waals surface area contributed by atoms with Crippen LogP contribution in [-0.2, 0) is 28.9 Å². The number of hydrogen-bond acceptors (Lipinski definition) is 3. The van der Waals surface area contributed by atoms with Gasteiger partial charge in [-0.2, -0.15) is 4.31 Å². The van der Waals surface area contributed by atoms with Crippen LogP contribution in [0.15, 0.2) is 88.6 Å². The molecule has 0 atom stereocenters. The lowest BCUT2D eigenvalue weighted by Gasteiger charge is -2.21. The summed E-state index contributed by atoms with van der Waals surface area (Å²) in [4.78, 5) is 14.6. The first-order valence-electron chi connectivity index (χ1n) is 11.2. The smallest absolute Gasteiger partial charge is 0.271 e. The van der Waals surface area contributed by atoms with E-state index in [0.717, 1.165) is 29.7 Å². The normalized spacial score (nSPS) is 12.4. The van der Waals surface area contributed by atoms with Crippen molar-refractivity contribution in [1.82, 2.24) is 9.29 Å². The van der Waals surface area contributed by atoms with Gasteiger partial charge in [-0.3, -0.25) is 4.79 Å². The zero-order valence-electron chi connectivity index (χ0n) is 19.5. The average molecular weight is 497 g/mol. The number of aromatic amines is 1. The lowest BCUT2D eigenvalue weighted by atomic mass is 9.99. The van der Waals surface area contributed by atoms with Crippen LogP contribution in [-0.4, -0.2) is 24.3 Å². The van der Waals surface area contributed by atoms with Crippen molar-refractivity contribution >= 4 is 20.9 Å². The predicted octanol–water partition coefficient (Wildman–Crippen LogP) is 5.44. The number of fused-ring (bicyclic) bond motifs is 1. The lowest BCUT2D eigenvalue weighted by Crippen LogP contribution is -2.30. The van der Waals surface area contributed by atoms with Crippen LogP contribution in [0.4, 0.5) is 8.78 Å². The molecule has 1 N–H and O–H groups in total. The summed E-state index contributed by atoms with van der Waals surface area (Å²) >= 11 is 0. The molecule has 0 saturated heterocycles. The quantitative estimate of drug-likeness (QED) is 0.353. The zero-order valence-corrected chi connectivity index (χ0v) is 20.3. The molecule has 8 heteroatoms. The standard InChI is InChI=1S/C27H26F2N2O3S/c1-3-31(18-20-7-5-4-6-8-20)35(33,34)22-12-9-19(10-13-22)15-21-11-14-25-23(16-21)24(27(2,28)29)17-26(32)30-25/h4-14,16-17H,3,15,18H2,1-2H3,(H,30,32). The molecule has 0 amide bonds. The number of rotatable bonds is 8. The first kappa shape index (κ1) is 24.8. The van der Waals surface area contributed by atoms with Gasteiger partial charge in [0.1, 0.15) is 0 Å². The molecule has 0 spiro atoms. The van der Waals surface area contributed by atoms with Crippen LogP contribution in [0, 0.1) is 0 Å². The van der Waals surface area contributed by atoms with Gasteiger partial charge >= 0.3 is 0 Å². The van der Waals surface area contributed by atoms with Crippen LogP contribution in [0.1, 0.15) is 36.1 Å². The summed E-state index contributed by atoms with van der Waals surface area (Å²) in [6.07, 6.45) is 0.422. The highest BCUT2D eigenvalue weighted by Gasteiger charge is 2.27. The molecule has 1 aromatic heterocycles. The van der Waals surface area contributed by atoms with Crippen LogP contribution in [0.2, 0.25) is 0 Å². The molecule has 1 heterocycles. The fourth-order valence-electron chi connectivity index (χ4n) is 4.09. The van der Waals surface area contributed by atoms with E-state index in [9.17, 15) is 22.0 Å². The third-order valence-corrected chi connectivity index (χ3v) is 7.84. The minimum Gasteiger partial charge on any atom is -0.322 e. The molecule has 4 rings (SSSR count). The molecule has 0 bridgehead atoms. The molecule has 0 aliphatic carbocycles. The Hall–Kier alpha value is -3.36. The van der Waals surface area contributed by atoms with Gasteiger partial charge in [-0.25, -0.2) is 17.2 Å². The number of nitrogens with one attached hydrogen (secondary N) is 1. The molecule has 0 saturated carbocycles. The zero-order chi connectivity index (χ0) is 25.2. The first-order chi connectivity index (χ1) is 16.6. The summed E-state index contributed by atoms with van der Waals surface area (Å²) < 4.78 is 56.0. The van der Waals surface area contributed by atoms with Gasteiger partial charge in [-0.1, -0.05) is 55.5 Å². The second-order valence-electron chi connectivity index (χ2n) is 8.55. The van der Waals surface area contributed by atoms with Gasteiger partial charge in [0, 0.05) is 42.5 Å². The van der Waals surface area contributed by atoms with E-state index in [0.29, 0.717) is 18.5 Å². The van der Waals surface area contributed by atoms with Crippen molar-refractivity contribution in [3.05, 3.63) is 111 Å². The van der Waals surface area contributed by atoms with Crippen molar-refractivity contribution < 1.29 is 17.2 Å². The number of H-pyrrole nitrogens is 1. The Morgan fingerprint density at radius 3 is 2.17 bits per heavy atom. The van der Waals surface area contributed by atoms with Gasteiger partial charge in [0.25, 0.3) is 5.92 Å². The molecule has 0 radical (unpaired) electrons. The van der Waals surface area contributed by atoms with Crippen LogP contribution in [0.3, 0.4) is 0 Å². The number of sulfonamides is 1. The van der Waals surface area contributed by atoms with Gasteiger partial charge in [-0.05, 0) is 47.4 Å². The molecular weight excluding hydrogens is 470 g/mol. The Morgan fingerprint density at radius 1 is 0.886 bits per heavy atom. The third-order valence-electron chi connectivity index (χ3n) is 5.90. The second-order valence-corrected chi connectivity index (χ2v) is 10.5. The largest absolute Gasteiger partial charge is 0.322 e. The maximum absolute atomic E-state index is 14.1. The van der Waals surface area contributed by atoms with Crippen molar-refractivity contribution in [2.24, 2.45) is 0 Å². The van der Waals surface area contributed by atoms with E-state index in [1.165, 1.54) is 4.31 Å². The van der Waals surface area contributed by atoms with Crippen LogP contribution >= 0.6 is 0 Å². The summed E-state index contributed by atoms with van der Waals surface area (Å²) in [7, 11) is -3.68. The van der Waals surface area contributed by atoms with E-state index in [1.54, 1.807) is 49.4 Å². The van der Waals surface area contributed by atoms with E-state index in [2.05, 4.69) is 4.98 Å². The number of halogens is 2. The number of nitrogens with zero attached hydrogens (tertiary/aromatic N) is 1. The minimum absolute atomic E-state index is 0.197. The number of aromatic nitrogens is 1. The van der Waals surface area contributed by atoms with Gasteiger partial charge < -0.3 is 4.98 Å². The lowest BCUT2D eigenvalue weighted by molar-refractivity contribution is 0.0189. The Morgan fingerprint density at radius 2 is 1.54 bits per heavy atom. The minimum atomic E-state index is -3.68. The third kappa shape index (κ3) is 5.49. The highest BCUT2D eigenvalue weighted by atomic mass is 32.2. The van der Waals surface area contributed by atoms with E-state index in [1.807, 2.05) is 30.3 Å². The van der Waals surface area contributed by atoms with Crippen molar-refractivity contribution in [2.45, 2.75) is 37.6 Å². The molecule has 4 aromatic rings. The first-order valence-corrected chi connectivity index (χ1v) is 12.7. The number of benzene rings is 3. The van der Waals surface area contributed by atoms with Crippen LogP contribution in [0.5, 0.6) is 0 Å². The molecule has 3 aromatic carbocycles. The van der Waals surface area contributed by atoms with E-state index >= 15 is 0 Å². The Kier molecular flexibility index (Phi) is 6.87. The van der Waals surface area contributed by atoms with E-state index in [4.69, 9.17) is 0 Å². The molecule has 0 aliphatic heterocycles. The van der Waals surface area contributed by atoms with Gasteiger partial charge in [-0.15, -0.1) is 0 Å². The summed E-state index contributed by atoms with van der Waals surface area (Å²) in [6.45, 7) is 3.19. The molecule has 35 heavy (non-hydrogen) atoms. The molecule has 0 fully saturated rings. The second kappa shape index (κ2) is 9.71. The van der Waals surface area contributed by atoms with Crippen molar-refractivity contribution in [1.29, 1.82) is 0 Å². The summed E-state index contributed by atoms with van der Waals surface area (Å²) in [5.41, 5.74) is 1.96. The van der Waals surface area contributed by atoms with Crippen LogP contribution in [0.25, 0.3) is 10.9 Å². The highest BCUT2D eigenvalue weighted by Crippen LogP contribution is 2.32. The molecule has 0 unspecified atom stereocenters. The number of hydrogen-bond donors (Lipinski definition) is 1. The van der Waals surface area contributed by atoms with Crippen LogP contribution < -0.4 is 5.56 Å².